The number of hydrogen-bond acceptors (Lipinski definition) is 7. The van der Waals surface area contributed by atoms with Crippen molar-refractivity contribution in [2.45, 2.75) is 49.2 Å². The van der Waals surface area contributed by atoms with E-state index in [4.69, 9.17) is 21.1 Å². The molecular formula is C22H28ClN3O5S. The number of benzene rings is 1. The van der Waals surface area contributed by atoms with Crippen LogP contribution in [0.2, 0.25) is 5.02 Å². The number of amides is 1. The zero-order valence-electron chi connectivity index (χ0n) is 18.4. The molecule has 1 amide bonds. The Kier molecular flexibility index (Phi) is 8.21. The summed E-state index contributed by atoms with van der Waals surface area (Å²) >= 11 is 6.26. The summed E-state index contributed by atoms with van der Waals surface area (Å²) in [6.45, 7) is 0. The van der Waals surface area contributed by atoms with E-state index >= 15 is 0 Å². The van der Waals surface area contributed by atoms with Gasteiger partial charge in [0.15, 0.2) is 15.7 Å². The molecule has 32 heavy (non-hydrogen) atoms. The van der Waals surface area contributed by atoms with Crippen molar-refractivity contribution in [3.05, 3.63) is 46.9 Å². The monoisotopic (exact) mass is 481 g/mol. The molecule has 0 radical (unpaired) electrons. The van der Waals surface area contributed by atoms with Crippen LogP contribution in [0.1, 0.15) is 55.6 Å². The first kappa shape index (κ1) is 24.6. The van der Waals surface area contributed by atoms with Crippen molar-refractivity contribution in [3.8, 4) is 0 Å². The van der Waals surface area contributed by atoms with Crippen LogP contribution in [0.15, 0.2) is 35.5 Å². The largest absolute Gasteiger partial charge is 0.350 e. The first-order valence-corrected chi connectivity index (χ1v) is 12.7. The van der Waals surface area contributed by atoms with Gasteiger partial charge in [0, 0.05) is 20.5 Å². The van der Waals surface area contributed by atoms with Crippen LogP contribution < -0.4 is 5.32 Å². The maximum atomic E-state index is 13.2. The maximum absolute atomic E-state index is 13.2. The van der Waals surface area contributed by atoms with Gasteiger partial charge in [-0.2, -0.15) is 0 Å². The van der Waals surface area contributed by atoms with E-state index in [1.165, 1.54) is 32.7 Å². The number of methoxy groups -OCH3 is 2. The van der Waals surface area contributed by atoms with Crippen molar-refractivity contribution < 1.29 is 22.7 Å². The summed E-state index contributed by atoms with van der Waals surface area (Å²) in [5.74, 6) is 0.00487. The quantitative estimate of drug-likeness (QED) is 0.536. The van der Waals surface area contributed by atoms with Gasteiger partial charge in [-0.05, 0) is 30.0 Å². The molecule has 3 rings (SSSR count). The molecule has 1 fully saturated rings. The van der Waals surface area contributed by atoms with Gasteiger partial charge in [0.2, 0.25) is 12.2 Å². The van der Waals surface area contributed by atoms with E-state index in [1.54, 1.807) is 12.1 Å². The second-order valence-corrected chi connectivity index (χ2v) is 10.4. The summed E-state index contributed by atoms with van der Waals surface area (Å²) in [5.41, 5.74) is 1.16. The summed E-state index contributed by atoms with van der Waals surface area (Å²) in [6, 6.07) is 4.71. The maximum Gasteiger partial charge on any atom is 0.233 e. The minimum Gasteiger partial charge on any atom is -0.350 e. The van der Waals surface area contributed by atoms with Gasteiger partial charge < -0.3 is 14.8 Å². The summed E-state index contributed by atoms with van der Waals surface area (Å²) < 4.78 is 34.1. The summed E-state index contributed by atoms with van der Waals surface area (Å²) in [7, 11) is -0.455. The molecule has 0 saturated heterocycles. The molecule has 0 bridgehead atoms. The van der Waals surface area contributed by atoms with Crippen LogP contribution in [0.3, 0.4) is 0 Å². The zero-order valence-corrected chi connectivity index (χ0v) is 19.9. The summed E-state index contributed by atoms with van der Waals surface area (Å²) in [4.78, 5) is 21.8. The molecule has 2 aromatic rings. The molecule has 1 saturated carbocycles. The fourth-order valence-corrected chi connectivity index (χ4v) is 5.42. The molecular weight excluding hydrogens is 454 g/mol. The molecule has 1 aliphatic rings. The number of carbonyl (C=O) groups is 1. The molecule has 1 aliphatic carbocycles. The van der Waals surface area contributed by atoms with Gasteiger partial charge in [0.25, 0.3) is 0 Å². The number of halogens is 1. The van der Waals surface area contributed by atoms with Crippen molar-refractivity contribution in [1.29, 1.82) is 0 Å². The van der Waals surface area contributed by atoms with Crippen LogP contribution in [0.25, 0.3) is 0 Å². The number of hydrogen-bond donors (Lipinski definition) is 1. The lowest BCUT2D eigenvalue weighted by molar-refractivity contribution is -0.118. The molecule has 1 heterocycles. The van der Waals surface area contributed by atoms with Gasteiger partial charge >= 0.3 is 0 Å². The summed E-state index contributed by atoms with van der Waals surface area (Å²) in [6.07, 6.45) is 8.50. The standard InChI is InChI=1S/C22H28ClN3O5S/c1-30-22(31-2)18-12-25-20(13-24-18)26-21(27)16(10-14-6-4-5-7-14)15-8-9-19(17(23)11-15)32(3,28)29/h8-9,11-14,16,22H,4-7,10H2,1-3H3,(H,25,26,27)/t16-/m1/s1. The Bertz CT molecular complexity index is 1040. The number of aromatic nitrogens is 2. The number of ether oxygens (including phenoxy) is 2. The van der Waals surface area contributed by atoms with Crippen molar-refractivity contribution in [2.75, 3.05) is 25.8 Å². The molecule has 0 unspecified atom stereocenters. The predicted octanol–water partition coefficient (Wildman–Crippen LogP) is 4.13. The van der Waals surface area contributed by atoms with Crippen molar-refractivity contribution in [3.63, 3.8) is 0 Å². The fourth-order valence-electron chi connectivity index (χ4n) is 4.08. The average Bonchev–Trinajstić information content (AvgIpc) is 3.26. The number of sulfone groups is 1. The van der Waals surface area contributed by atoms with Crippen LogP contribution in [-0.2, 0) is 24.1 Å². The molecule has 8 nitrogen and oxygen atoms in total. The highest BCUT2D eigenvalue weighted by Gasteiger charge is 2.28. The third-order valence-electron chi connectivity index (χ3n) is 5.71. The van der Waals surface area contributed by atoms with Gasteiger partial charge in [-0.1, -0.05) is 43.4 Å². The van der Waals surface area contributed by atoms with Crippen molar-refractivity contribution in [1.82, 2.24) is 9.97 Å². The van der Waals surface area contributed by atoms with Crippen LogP contribution in [0, 0.1) is 5.92 Å². The zero-order chi connectivity index (χ0) is 23.3. The minimum absolute atomic E-state index is 0.0511. The smallest absolute Gasteiger partial charge is 0.233 e. The Labute approximate surface area is 193 Å². The molecule has 174 valence electrons. The fraction of sp³-hybridized carbons (Fsp3) is 0.500. The lowest BCUT2D eigenvalue weighted by Gasteiger charge is -2.21. The van der Waals surface area contributed by atoms with E-state index in [9.17, 15) is 13.2 Å². The molecule has 1 aromatic heterocycles. The number of anilines is 1. The molecule has 0 aliphatic heterocycles. The van der Waals surface area contributed by atoms with Gasteiger partial charge in [-0.15, -0.1) is 0 Å². The van der Waals surface area contributed by atoms with Crippen LogP contribution in [0.5, 0.6) is 0 Å². The van der Waals surface area contributed by atoms with Gasteiger partial charge in [0.05, 0.1) is 28.2 Å². The third kappa shape index (κ3) is 6.04. The van der Waals surface area contributed by atoms with E-state index < -0.39 is 22.0 Å². The van der Waals surface area contributed by atoms with Crippen molar-refractivity contribution in [2.24, 2.45) is 5.92 Å². The minimum atomic E-state index is -3.45. The van der Waals surface area contributed by atoms with E-state index in [1.807, 2.05) is 0 Å². The highest BCUT2D eigenvalue weighted by Crippen LogP contribution is 2.36. The molecule has 1 aromatic carbocycles. The van der Waals surface area contributed by atoms with Gasteiger partial charge in [0.1, 0.15) is 5.69 Å². The number of carbonyl (C=O) groups excluding carboxylic acids is 1. The molecule has 1 atom stereocenters. The van der Waals surface area contributed by atoms with E-state index in [2.05, 4.69) is 15.3 Å². The number of nitrogens with one attached hydrogen (secondary N) is 1. The first-order chi connectivity index (χ1) is 15.2. The van der Waals surface area contributed by atoms with Gasteiger partial charge in [-0.25, -0.2) is 13.4 Å². The topological polar surface area (TPSA) is 107 Å². The van der Waals surface area contributed by atoms with E-state index in [-0.39, 0.29) is 15.8 Å². The Hall–Kier alpha value is -2.07. The normalized spacial score (nSPS) is 15.8. The number of rotatable bonds is 9. The molecule has 10 heteroatoms. The lowest BCUT2D eigenvalue weighted by atomic mass is 9.87. The first-order valence-electron chi connectivity index (χ1n) is 10.4. The Morgan fingerprint density at radius 3 is 2.41 bits per heavy atom. The number of nitrogens with zero attached hydrogens (tertiary/aromatic N) is 2. The second-order valence-electron chi connectivity index (χ2n) is 8.02. The lowest BCUT2D eigenvalue weighted by Crippen LogP contribution is -2.24. The van der Waals surface area contributed by atoms with E-state index in [0.29, 0.717) is 29.4 Å². The highest BCUT2D eigenvalue weighted by atomic mass is 35.5. The van der Waals surface area contributed by atoms with Crippen LogP contribution in [-0.4, -0.2) is 44.8 Å². The van der Waals surface area contributed by atoms with Crippen LogP contribution >= 0.6 is 11.6 Å². The third-order valence-corrected chi connectivity index (χ3v) is 7.29. The Morgan fingerprint density at radius 1 is 1.19 bits per heavy atom. The van der Waals surface area contributed by atoms with Gasteiger partial charge in [-0.3, -0.25) is 9.78 Å². The molecule has 1 N–H and O–H groups in total. The predicted molar refractivity (Wildman–Crippen MR) is 121 cm³/mol. The average molecular weight is 482 g/mol. The van der Waals surface area contributed by atoms with E-state index in [0.717, 1.165) is 31.9 Å². The van der Waals surface area contributed by atoms with Crippen LogP contribution in [0.4, 0.5) is 5.82 Å². The molecule has 0 spiro atoms. The SMILES string of the molecule is COC(OC)c1cnc(NC(=O)[C@H](CC2CCCC2)c2ccc(S(C)(=O)=O)c(Cl)c2)cn1. The van der Waals surface area contributed by atoms with Crippen molar-refractivity contribution >= 4 is 33.2 Å². The second kappa shape index (κ2) is 10.7. The Morgan fingerprint density at radius 2 is 1.88 bits per heavy atom. The Balaban J connectivity index is 1.84. The summed E-state index contributed by atoms with van der Waals surface area (Å²) in [5, 5.41) is 2.94. The highest BCUT2D eigenvalue weighted by molar-refractivity contribution is 7.90.